The molecule has 0 saturated heterocycles. The molecule has 1 aromatic rings. The zero-order valence-corrected chi connectivity index (χ0v) is 8.92. The first-order valence-corrected chi connectivity index (χ1v) is 5.35. The Labute approximate surface area is 86.5 Å². The third kappa shape index (κ3) is 3.90. The molecule has 2 heteroatoms. The van der Waals surface area contributed by atoms with E-state index in [-0.39, 0.29) is 0 Å². The van der Waals surface area contributed by atoms with Crippen LogP contribution in [0.3, 0.4) is 0 Å². The van der Waals surface area contributed by atoms with Crippen molar-refractivity contribution in [1.82, 2.24) is 5.32 Å². The molecule has 1 aromatic carbocycles. The van der Waals surface area contributed by atoms with Crippen LogP contribution in [0.25, 0.3) is 0 Å². The summed E-state index contributed by atoms with van der Waals surface area (Å²) in [5.74, 6) is 0. The lowest BCUT2D eigenvalue weighted by Gasteiger charge is -2.03. The topological polar surface area (TPSA) is 38.0 Å². The molecule has 0 saturated carbocycles. The Bertz CT molecular complexity index is 241. The Hall–Kier alpha value is -0.860. The Morgan fingerprint density at radius 1 is 1.07 bits per heavy atom. The normalized spacial score (nSPS) is 10.4. The Kier molecular flexibility index (Phi) is 5.27. The van der Waals surface area contributed by atoms with Crippen molar-refractivity contribution < 1.29 is 0 Å². The molecule has 0 spiro atoms. The van der Waals surface area contributed by atoms with E-state index in [2.05, 4.69) is 36.5 Å². The van der Waals surface area contributed by atoms with E-state index >= 15 is 0 Å². The number of hydrogen-bond acceptors (Lipinski definition) is 2. The second kappa shape index (κ2) is 6.57. The van der Waals surface area contributed by atoms with Crippen LogP contribution < -0.4 is 11.1 Å². The smallest absolute Gasteiger partial charge is 0.000847 e. The third-order valence-corrected chi connectivity index (χ3v) is 2.30. The molecular formula is C12H20N2. The average molecular weight is 192 g/mol. The van der Waals surface area contributed by atoms with Crippen LogP contribution in [0.15, 0.2) is 24.3 Å². The molecule has 0 aromatic heterocycles. The van der Waals surface area contributed by atoms with Gasteiger partial charge in [0.2, 0.25) is 0 Å². The molecule has 14 heavy (non-hydrogen) atoms. The Balaban J connectivity index is 2.38. The quantitative estimate of drug-likeness (QED) is 0.668. The van der Waals surface area contributed by atoms with Crippen LogP contribution >= 0.6 is 0 Å². The first-order chi connectivity index (χ1) is 6.86. The van der Waals surface area contributed by atoms with Gasteiger partial charge in [0.15, 0.2) is 0 Å². The molecule has 0 amide bonds. The van der Waals surface area contributed by atoms with E-state index < -0.39 is 0 Å². The van der Waals surface area contributed by atoms with E-state index in [9.17, 15) is 0 Å². The fourth-order valence-corrected chi connectivity index (χ4v) is 1.45. The summed E-state index contributed by atoms with van der Waals surface area (Å²) in [6.45, 7) is 4.97. The van der Waals surface area contributed by atoms with Gasteiger partial charge < -0.3 is 11.1 Å². The van der Waals surface area contributed by atoms with Crippen molar-refractivity contribution in [1.29, 1.82) is 0 Å². The number of nitrogens with two attached hydrogens (primary N) is 1. The molecule has 0 atom stereocenters. The summed E-state index contributed by atoms with van der Waals surface area (Å²) >= 11 is 0. The van der Waals surface area contributed by atoms with Crippen LogP contribution in [0.5, 0.6) is 0 Å². The van der Waals surface area contributed by atoms with Gasteiger partial charge >= 0.3 is 0 Å². The Morgan fingerprint density at radius 2 is 1.64 bits per heavy atom. The molecule has 1 rings (SSSR count). The molecule has 0 radical (unpaired) electrons. The monoisotopic (exact) mass is 192 g/mol. The van der Waals surface area contributed by atoms with Gasteiger partial charge in [0.1, 0.15) is 0 Å². The molecule has 0 fully saturated rings. The van der Waals surface area contributed by atoms with Crippen molar-refractivity contribution in [2.45, 2.75) is 19.8 Å². The maximum absolute atomic E-state index is 5.49. The van der Waals surface area contributed by atoms with Crippen LogP contribution in [-0.4, -0.2) is 19.6 Å². The minimum Gasteiger partial charge on any atom is -0.330 e. The van der Waals surface area contributed by atoms with Gasteiger partial charge in [-0.25, -0.2) is 0 Å². The molecule has 3 N–H and O–H groups in total. The summed E-state index contributed by atoms with van der Waals surface area (Å²) in [4.78, 5) is 0. The van der Waals surface area contributed by atoms with Crippen LogP contribution in [0.2, 0.25) is 0 Å². The van der Waals surface area contributed by atoms with Gasteiger partial charge in [-0.15, -0.1) is 0 Å². The highest BCUT2D eigenvalue weighted by molar-refractivity contribution is 5.22. The molecule has 0 aliphatic carbocycles. The number of hydrogen-bond donors (Lipinski definition) is 2. The second-order valence-corrected chi connectivity index (χ2v) is 3.46. The Morgan fingerprint density at radius 3 is 2.14 bits per heavy atom. The van der Waals surface area contributed by atoms with Gasteiger partial charge in [-0.3, -0.25) is 0 Å². The van der Waals surface area contributed by atoms with Gasteiger partial charge in [-0.05, 0) is 43.6 Å². The van der Waals surface area contributed by atoms with Crippen molar-refractivity contribution in [2.75, 3.05) is 19.6 Å². The highest BCUT2D eigenvalue weighted by atomic mass is 14.8. The number of rotatable bonds is 6. The molecule has 0 aliphatic rings. The van der Waals surface area contributed by atoms with Gasteiger partial charge in [0.05, 0.1) is 0 Å². The summed E-state index contributed by atoms with van der Waals surface area (Å²) in [6.07, 6.45) is 2.09. The van der Waals surface area contributed by atoms with Crippen molar-refractivity contribution in [3.63, 3.8) is 0 Å². The van der Waals surface area contributed by atoms with E-state index in [1.54, 1.807) is 0 Å². The number of benzene rings is 1. The van der Waals surface area contributed by atoms with Crippen molar-refractivity contribution in [2.24, 2.45) is 5.73 Å². The van der Waals surface area contributed by atoms with Crippen molar-refractivity contribution in [3.05, 3.63) is 35.4 Å². The fourth-order valence-electron chi connectivity index (χ4n) is 1.45. The molecular weight excluding hydrogens is 172 g/mol. The maximum atomic E-state index is 5.49. The van der Waals surface area contributed by atoms with E-state index in [4.69, 9.17) is 5.73 Å². The number of nitrogens with one attached hydrogen (secondary N) is 1. The van der Waals surface area contributed by atoms with Gasteiger partial charge in [0.25, 0.3) is 0 Å². The zero-order valence-electron chi connectivity index (χ0n) is 8.92. The first kappa shape index (κ1) is 11.2. The minimum atomic E-state index is 0.733. The molecule has 2 nitrogen and oxygen atoms in total. The lowest BCUT2D eigenvalue weighted by Crippen LogP contribution is -2.16. The minimum absolute atomic E-state index is 0.733. The van der Waals surface area contributed by atoms with Crippen LogP contribution in [0, 0.1) is 0 Å². The van der Waals surface area contributed by atoms with Gasteiger partial charge in [0, 0.05) is 0 Å². The standard InChI is InChI=1S/C12H20N2/c1-2-14-10-8-12-5-3-11(4-6-12)7-9-13/h3-6,14H,2,7-10,13H2,1H3. The molecule has 78 valence electrons. The molecule has 0 heterocycles. The highest BCUT2D eigenvalue weighted by Gasteiger charge is 1.93. The van der Waals surface area contributed by atoms with Gasteiger partial charge in [-0.1, -0.05) is 31.2 Å². The SMILES string of the molecule is CCNCCc1ccc(CCN)cc1. The zero-order chi connectivity index (χ0) is 10.2. The van der Waals surface area contributed by atoms with Crippen molar-refractivity contribution >= 4 is 0 Å². The largest absolute Gasteiger partial charge is 0.330 e. The van der Waals surface area contributed by atoms with Crippen LogP contribution in [0.1, 0.15) is 18.1 Å². The van der Waals surface area contributed by atoms with E-state index in [0.717, 1.165) is 32.5 Å². The fraction of sp³-hybridized carbons (Fsp3) is 0.500. The molecule has 0 unspecified atom stereocenters. The second-order valence-electron chi connectivity index (χ2n) is 3.46. The van der Waals surface area contributed by atoms with Gasteiger partial charge in [-0.2, -0.15) is 0 Å². The summed E-state index contributed by atoms with van der Waals surface area (Å²) in [6, 6.07) is 8.74. The third-order valence-electron chi connectivity index (χ3n) is 2.30. The van der Waals surface area contributed by atoms with E-state index in [0.29, 0.717) is 0 Å². The predicted molar refractivity (Wildman–Crippen MR) is 61.4 cm³/mol. The first-order valence-electron chi connectivity index (χ1n) is 5.35. The van der Waals surface area contributed by atoms with Crippen LogP contribution in [0.4, 0.5) is 0 Å². The lowest BCUT2D eigenvalue weighted by molar-refractivity contribution is 0.716. The summed E-state index contributed by atoms with van der Waals surface area (Å²) < 4.78 is 0. The summed E-state index contributed by atoms with van der Waals surface area (Å²) in [5.41, 5.74) is 8.21. The molecule has 0 aliphatic heterocycles. The highest BCUT2D eigenvalue weighted by Crippen LogP contribution is 2.04. The summed E-state index contributed by atoms with van der Waals surface area (Å²) in [7, 11) is 0. The van der Waals surface area contributed by atoms with E-state index in [1.165, 1.54) is 11.1 Å². The summed E-state index contributed by atoms with van der Waals surface area (Å²) in [5, 5.41) is 3.32. The van der Waals surface area contributed by atoms with Crippen molar-refractivity contribution in [3.8, 4) is 0 Å². The van der Waals surface area contributed by atoms with Crippen LogP contribution in [-0.2, 0) is 12.8 Å². The number of likely N-dealkylation sites (N-methyl/N-ethyl adjacent to an activating group) is 1. The predicted octanol–water partition coefficient (Wildman–Crippen LogP) is 1.34. The lowest BCUT2D eigenvalue weighted by atomic mass is 10.1. The molecule has 0 bridgehead atoms. The average Bonchev–Trinajstić information content (AvgIpc) is 2.21. The maximum Gasteiger partial charge on any atom is -0.000847 e. The van der Waals surface area contributed by atoms with E-state index in [1.807, 2.05) is 0 Å².